The summed E-state index contributed by atoms with van der Waals surface area (Å²) < 4.78 is 5.35. The van der Waals surface area contributed by atoms with Crippen molar-refractivity contribution < 1.29 is 9.53 Å². The Morgan fingerprint density at radius 3 is 2.75 bits per heavy atom. The minimum atomic E-state index is -0.209. The molecule has 3 rings (SSSR count). The average molecular weight is 237 g/mol. The van der Waals surface area contributed by atoms with E-state index in [1.807, 2.05) is 12.1 Å². The first-order chi connectivity index (χ1) is 7.68. The maximum Gasteiger partial charge on any atom is 0.302 e. The van der Waals surface area contributed by atoms with Gasteiger partial charge in [0.2, 0.25) is 0 Å². The number of ether oxygens (including phenoxy) is 1. The number of esters is 1. The Bertz CT molecular complexity index is 443. The van der Waals surface area contributed by atoms with Gasteiger partial charge in [-0.15, -0.1) is 11.6 Å². The summed E-state index contributed by atoms with van der Waals surface area (Å²) in [5, 5.41) is 0.0850. The summed E-state index contributed by atoms with van der Waals surface area (Å²) in [4.78, 5) is 11.0. The van der Waals surface area contributed by atoms with Crippen molar-refractivity contribution in [1.29, 1.82) is 0 Å². The van der Waals surface area contributed by atoms with Crippen molar-refractivity contribution in [2.45, 2.75) is 36.7 Å². The van der Waals surface area contributed by atoms with Crippen LogP contribution in [-0.2, 0) is 9.53 Å². The number of hydrogen-bond acceptors (Lipinski definition) is 2. The minimum absolute atomic E-state index is 0.0279. The van der Waals surface area contributed by atoms with E-state index in [4.69, 9.17) is 16.3 Å². The molecule has 0 heterocycles. The zero-order chi connectivity index (χ0) is 11.3. The third kappa shape index (κ3) is 1.29. The van der Waals surface area contributed by atoms with Gasteiger partial charge in [0.05, 0.1) is 5.38 Å². The Labute approximate surface area is 99.6 Å². The predicted octanol–water partition coefficient (Wildman–Crippen LogP) is 2.81. The van der Waals surface area contributed by atoms with E-state index in [2.05, 4.69) is 12.1 Å². The quantitative estimate of drug-likeness (QED) is 0.554. The molecule has 1 fully saturated rings. The SMILES string of the molecule is CC(=O)OC1CC2c3ccccc3C1C2Cl. The van der Waals surface area contributed by atoms with Gasteiger partial charge in [-0.25, -0.2) is 0 Å². The lowest BCUT2D eigenvalue weighted by molar-refractivity contribution is -0.146. The maximum absolute atomic E-state index is 11.0. The topological polar surface area (TPSA) is 26.3 Å². The van der Waals surface area contributed by atoms with Crippen molar-refractivity contribution in [3.05, 3.63) is 35.4 Å². The van der Waals surface area contributed by atoms with E-state index < -0.39 is 0 Å². The van der Waals surface area contributed by atoms with Gasteiger partial charge in [-0.3, -0.25) is 4.79 Å². The lowest BCUT2D eigenvalue weighted by Crippen LogP contribution is -2.23. The van der Waals surface area contributed by atoms with Crippen LogP contribution in [0.15, 0.2) is 24.3 Å². The molecule has 0 aromatic heterocycles. The molecule has 16 heavy (non-hydrogen) atoms. The molecule has 2 aliphatic carbocycles. The molecule has 2 aliphatic rings. The van der Waals surface area contributed by atoms with E-state index in [1.54, 1.807) is 0 Å². The molecule has 1 aromatic rings. The fraction of sp³-hybridized carbons (Fsp3) is 0.462. The van der Waals surface area contributed by atoms with Gasteiger partial charge in [0, 0.05) is 18.8 Å². The average Bonchev–Trinajstić information content (AvgIpc) is 2.69. The fourth-order valence-corrected chi connectivity index (χ4v) is 3.68. The second kappa shape index (κ2) is 3.49. The van der Waals surface area contributed by atoms with Crippen molar-refractivity contribution in [1.82, 2.24) is 0 Å². The van der Waals surface area contributed by atoms with Crippen LogP contribution in [0.25, 0.3) is 0 Å². The molecule has 0 aliphatic heterocycles. The van der Waals surface area contributed by atoms with Crippen molar-refractivity contribution in [2.24, 2.45) is 0 Å². The number of carbonyl (C=O) groups is 1. The van der Waals surface area contributed by atoms with Crippen LogP contribution in [-0.4, -0.2) is 17.5 Å². The van der Waals surface area contributed by atoms with Gasteiger partial charge < -0.3 is 4.74 Å². The lowest BCUT2D eigenvalue weighted by Gasteiger charge is -2.23. The number of rotatable bonds is 1. The number of fused-ring (bicyclic) bond motifs is 5. The molecule has 0 N–H and O–H groups in total. The lowest BCUT2D eigenvalue weighted by atomic mass is 9.90. The maximum atomic E-state index is 11.0. The molecular formula is C13H13ClO2. The molecule has 3 heteroatoms. The largest absolute Gasteiger partial charge is 0.462 e. The van der Waals surface area contributed by atoms with E-state index in [1.165, 1.54) is 18.1 Å². The van der Waals surface area contributed by atoms with Gasteiger partial charge in [0.15, 0.2) is 0 Å². The molecule has 0 spiro atoms. The van der Waals surface area contributed by atoms with Crippen LogP contribution in [0.1, 0.15) is 36.3 Å². The van der Waals surface area contributed by atoms with Crippen molar-refractivity contribution in [3.63, 3.8) is 0 Å². The van der Waals surface area contributed by atoms with Crippen molar-refractivity contribution in [2.75, 3.05) is 0 Å². The summed E-state index contributed by atoms with van der Waals surface area (Å²) in [7, 11) is 0. The summed E-state index contributed by atoms with van der Waals surface area (Å²) in [6, 6.07) is 8.31. The zero-order valence-electron chi connectivity index (χ0n) is 9.02. The zero-order valence-corrected chi connectivity index (χ0v) is 9.78. The Morgan fingerprint density at radius 2 is 2.06 bits per heavy atom. The van der Waals surface area contributed by atoms with Gasteiger partial charge in [-0.2, -0.15) is 0 Å². The molecule has 0 saturated heterocycles. The molecule has 1 saturated carbocycles. The molecule has 0 amide bonds. The van der Waals surface area contributed by atoms with E-state index in [0.29, 0.717) is 5.92 Å². The summed E-state index contributed by atoms with van der Waals surface area (Å²) in [5.41, 5.74) is 2.61. The second-order valence-corrected chi connectivity index (χ2v) is 5.09. The summed E-state index contributed by atoms with van der Waals surface area (Å²) in [5.74, 6) is 0.331. The van der Waals surface area contributed by atoms with Crippen LogP contribution in [0.5, 0.6) is 0 Å². The van der Waals surface area contributed by atoms with E-state index in [-0.39, 0.29) is 23.4 Å². The minimum Gasteiger partial charge on any atom is -0.462 e. The van der Waals surface area contributed by atoms with Crippen molar-refractivity contribution in [3.8, 4) is 0 Å². The molecule has 4 unspecified atom stereocenters. The molecule has 0 radical (unpaired) electrons. The van der Waals surface area contributed by atoms with Gasteiger partial charge in [0.1, 0.15) is 6.10 Å². The van der Waals surface area contributed by atoms with Gasteiger partial charge in [0.25, 0.3) is 0 Å². The Hall–Kier alpha value is -1.02. The van der Waals surface area contributed by atoms with E-state index in [0.717, 1.165) is 6.42 Å². The van der Waals surface area contributed by atoms with Crippen LogP contribution >= 0.6 is 11.6 Å². The van der Waals surface area contributed by atoms with Gasteiger partial charge in [-0.1, -0.05) is 24.3 Å². The van der Waals surface area contributed by atoms with Crippen molar-refractivity contribution >= 4 is 17.6 Å². The fourth-order valence-electron chi connectivity index (χ4n) is 3.14. The smallest absolute Gasteiger partial charge is 0.302 e. The monoisotopic (exact) mass is 236 g/mol. The van der Waals surface area contributed by atoms with E-state index in [9.17, 15) is 4.79 Å². The van der Waals surface area contributed by atoms with E-state index >= 15 is 0 Å². The Morgan fingerprint density at radius 1 is 1.38 bits per heavy atom. The summed E-state index contributed by atoms with van der Waals surface area (Å²) in [6.45, 7) is 1.46. The molecule has 84 valence electrons. The Balaban J connectivity index is 1.97. The molecule has 2 nitrogen and oxygen atoms in total. The normalized spacial score (nSPS) is 34.9. The standard InChI is InChI=1S/C13H13ClO2/c1-7(15)16-11-6-10-8-4-2-3-5-9(8)12(11)13(10)14/h2-5,10-13H,6H2,1H3. The highest BCUT2D eigenvalue weighted by Crippen LogP contribution is 2.56. The predicted molar refractivity (Wildman–Crippen MR) is 61.7 cm³/mol. The first-order valence-corrected chi connectivity index (χ1v) is 6.02. The molecular weight excluding hydrogens is 224 g/mol. The van der Waals surface area contributed by atoms with Crippen LogP contribution in [0.2, 0.25) is 0 Å². The van der Waals surface area contributed by atoms with Crippen LogP contribution < -0.4 is 0 Å². The van der Waals surface area contributed by atoms with Gasteiger partial charge >= 0.3 is 5.97 Å². The number of halogens is 1. The first-order valence-electron chi connectivity index (χ1n) is 5.58. The molecule has 1 aromatic carbocycles. The van der Waals surface area contributed by atoms with Gasteiger partial charge in [-0.05, 0) is 17.5 Å². The third-order valence-electron chi connectivity index (χ3n) is 3.69. The molecule has 4 atom stereocenters. The third-order valence-corrected chi connectivity index (χ3v) is 4.26. The number of hydrogen-bond donors (Lipinski definition) is 0. The number of alkyl halides is 1. The number of benzene rings is 1. The van der Waals surface area contributed by atoms with Crippen LogP contribution in [0.4, 0.5) is 0 Å². The van der Waals surface area contributed by atoms with Crippen LogP contribution in [0.3, 0.4) is 0 Å². The Kier molecular flexibility index (Phi) is 2.21. The summed E-state index contributed by atoms with van der Waals surface area (Å²) in [6.07, 6.45) is 0.843. The van der Waals surface area contributed by atoms with Crippen LogP contribution in [0, 0.1) is 0 Å². The highest BCUT2D eigenvalue weighted by Gasteiger charge is 2.52. The summed E-state index contributed by atoms with van der Waals surface area (Å²) >= 11 is 6.43. The number of carbonyl (C=O) groups excluding carboxylic acids is 1. The highest BCUT2D eigenvalue weighted by atomic mass is 35.5. The first kappa shape index (κ1) is 10.2. The molecule has 2 bridgehead atoms. The second-order valence-electron chi connectivity index (χ2n) is 4.59. The highest BCUT2D eigenvalue weighted by molar-refractivity contribution is 6.22.